The van der Waals surface area contributed by atoms with Crippen LogP contribution in [-0.4, -0.2) is 19.3 Å². The number of hydrogen-bond donors (Lipinski definition) is 1. The van der Waals surface area contributed by atoms with Crippen LogP contribution in [0.3, 0.4) is 0 Å². The van der Waals surface area contributed by atoms with Crippen molar-refractivity contribution in [1.29, 1.82) is 0 Å². The Bertz CT molecular complexity index is 254. The lowest BCUT2D eigenvalue weighted by Crippen LogP contribution is -2.38. The Hall–Kier alpha value is -0.380. The molecule has 1 aliphatic heterocycles. The van der Waals surface area contributed by atoms with Crippen LogP contribution in [0.1, 0.15) is 30.7 Å². The van der Waals surface area contributed by atoms with Crippen LogP contribution in [0.2, 0.25) is 0 Å². The molecule has 1 saturated heterocycles. The van der Waals surface area contributed by atoms with Gasteiger partial charge in [-0.1, -0.05) is 6.07 Å². The van der Waals surface area contributed by atoms with Gasteiger partial charge >= 0.3 is 0 Å². The van der Waals surface area contributed by atoms with Crippen molar-refractivity contribution in [2.24, 2.45) is 0 Å². The molecule has 2 rings (SSSR count). The first-order valence-corrected chi connectivity index (χ1v) is 6.11. The number of thiophene rings is 1. The van der Waals surface area contributed by atoms with E-state index < -0.39 is 0 Å². The van der Waals surface area contributed by atoms with Gasteiger partial charge in [0.1, 0.15) is 0 Å². The van der Waals surface area contributed by atoms with Crippen LogP contribution in [0.25, 0.3) is 0 Å². The van der Waals surface area contributed by atoms with Crippen molar-refractivity contribution in [2.75, 3.05) is 13.2 Å². The summed E-state index contributed by atoms with van der Waals surface area (Å²) in [6, 6.07) is 5.30. The van der Waals surface area contributed by atoms with Gasteiger partial charge in [-0.2, -0.15) is 0 Å². The van der Waals surface area contributed by atoms with Crippen LogP contribution in [0, 0.1) is 0 Å². The molecule has 3 heteroatoms. The largest absolute Gasteiger partial charge is 0.380 e. The zero-order valence-corrected chi connectivity index (χ0v) is 9.35. The molecule has 0 aliphatic carbocycles. The molecule has 0 spiro atoms. The fourth-order valence-corrected chi connectivity index (χ4v) is 2.59. The fraction of sp³-hybridized carbons (Fsp3) is 0.636. The average Bonchev–Trinajstić information content (AvgIpc) is 2.72. The summed E-state index contributed by atoms with van der Waals surface area (Å²) in [4.78, 5) is 1.41. The van der Waals surface area contributed by atoms with Gasteiger partial charge in [-0.3, -0.25) is 0 Å². The minimum atomic E-state index is 0.460. The molecule has 2 nitrogen and oxygen atoms in total. The maximum absolute atomic E-state index is 5.44. The minimum Gasteiger partial charge on any atom is -0.380 e. The molecular formula is C11H17NOS. The van der Waals surface area contributed by atoms with Crippen molar-refractivity contribution < 1.29 is 4.74 Å². The van der Waals surface area contributed by atoms with E-state index in [0.29, 0.717) is 12.1 Å². The highest BCUT2D eigenvalue weighted by Crippen LogP contribution is 2.20. The van der Waals surface area contributed by atoms with E-state index in [1.165, 1.54) is 17.7 Å². The molecule has 1 aliphatic rings. The molecule has 0 saturated carbocycles. The summed E-state index contributed by atoms with van der Waals surface area (Å²) < 4.78 is 5.44. The molecule has 1 N–H and O–H groups in total. The lowest BCUT2D eigenvalue weighted by Gasteiger charge is -2.26. The summed E-state index contributed by atoms with van der Waals surface area (Å²) in [5, 5.41) is 5.74. The highest BCUT2D eigenvalue weighted by molar-refractivity contribution is 7.10. The smallest absolute Gasteiger partial charge is 0.0619 e. The monoisotopic (exact) mass is 211 g/mol. The van der Waals surface area contributed by atoms with Gasteiger partial charge in [0.05, 0.1) is 6.61 Å². The molecule has 1 aromatic rings. The molecule has 0 bridgehead atoms. The Morgan fingerprint density at radius 1 is 1.64 bits per heavy atom. The van der Waals surface area contributed by atoms with Crippen LogP contribution in [0.15, 0.2) is 17.5 Å². The van der Waals surface area contributed by atoms with Gasteiger partial charge in [-0.05, 0) is 31.2 Å². The quantitative estimate of drug-likeness (QED) is 0.829. The third-order valence-electron chi connectivity index (χ3n) is 2.62. The summed E-state index contributed by atoms with van der Waals surface area (Å²) in [6.07, 6.45) is 2.44. The SMILES string of the molecule is CC(NC1CCCOC1)c1cccs1. The summed E-state index contributed by atoms with van der Waals surface area (Å²) in [5.41, 5.74) is 0. The number of nitrogens with one attached hydrogen (secondary N) is 1. The Morgan fingerprint density at radius 3 is 3.21 bits per heavy atom. The molecule has 14 heavy (non-hydrogen) atoms. The van der Waals surface area contributed by atoms with Crippen molar-refractivity contribution in [2.45, 2.75) is 31.8 Å². The predicted octanol–water partition coefficient (Wildman–Crippen LogP) is 2.58. The molecule has 1 aromatic heterocycles. The molecule has 1 fully saturated rings. The van der Waals surface area contributed by atoms with E-state index in [0.717, 1.165) is 13.2 Å². The highest BCUT2D eigenvalue weighted by atomic mass is 32.1. The molecule has 78 valence electrons. The second-order valence-corrected chi connectivity index (χ2v) is 4.80. The summed E-state index contributed by atoms with van der Waals surface area (Å²) >= 11 is 1.82. The van der Waals surface area contributed by atoms with Crippen molar-refractivity contribution in [1.82, 2.24) is 5.32 Å². The van der Waals surface area contributed by atoms with E-state index in [-0.39, 0.29) is 0 Å². The van der Waals surface area contributed by atoms with Crippen LogP contribution < -0.4 is 5.32 Å². The zero-order valence-electron chi connectivity index (χ0n) is 8.53. The molecule has 0 radical (unpaired) electrons. The Balaban J connectivity index is 1.84. The summed E-state index contributed by atoms with van der Waals surface area (Å²) in [5.74, 6) is 0. The maximum atomic E-state index is 5.44. The average molecular weight is 211 g/mol. The zero-order chi connectivity index (χ0) is 9.80. The molecule has 2 unspecified atom stereocenters. The molecular weight excluding hydrogens is 194 g/mol. The van der Waals surface area contributed by atoms with Crippen molar-refractivity contribution in [3.8, 4) is 0 Å². The van der Waals surface area contributed by atoms with Crippen LogP contribution in [-0.2, 0) is 4.74 Å². The van der Waals surface area contributed by atoms with E-state index in [1.807, 2.05) is 11.3 Å². The normalized spacial score (nSPS) is 24.8. The molecule has 0 aromatic carbocycles. The van der Waals surface area contributed by atoms with Gasteiger partial charge in [0, 0.05) is 23.6 Å². The molecule has 2 atom stereocenters. The Kier molecular flexibility index (Phi) is 3.56. The Labute approximate surface area is 89.3 Å². The van der Waals surface area contributed by atoms with Gasteiger partial charge in [-0.25, -0.2) is 0 Å². The van der Waals surface area contributed by atoms with Crippen molar-refractivity contribution in [3.63, 3.8) is 0 Å². The van der Waals surface area contributed by atoms with Gasteiger partial charge in [-0.15, -0.1) is 11.3 Å². The van der Waals surface area contributed by atoms with E-state index in [4.69, 9.17) is 4.74 Å². The first-order chi connectivity index (χ1) is 6.86. The van der Waals surface area contributed by atoms with E-state index in [2.05, 4.69) is 29.8 Å². The fourth-order valence-electron chi connectivity index (χ4n) is 1.85. The summed E-state index contributed by atoms with van der Waals surface area (Å²) in [7, 11) is 0. The third kappa shape index (κ3) is 2.56. The molecule has 0 amide bonds. The lowest BCUT2D eigenvalue weighted by atomic mass is 10.1. The first kappa shape index (κ1) is 10.1. The minimum absolute atomic E-state index is 0.460. The molecule has 2 heterocycles. The number of hydrogen-bond acceptors (Lipinski definition) is 3. The van der Waals surface area contributed by atoms with Crippen molar-refractivity contribution in [3.05, 3.63) is 22.4 Å². The van der Waals surface area contributed by atoms with E-state index in [1.54, 1.807) is 0 Å². The number of rotatable bonds is 3. The standard InChI is InChI=1S/C11H17NOS/c1-9(11-5-3-7-14-11)12-10-4-2-6-13-8-10/h3,5,7,9-10,12H,2,4,6,8H2,1H3. The maximum Gasteiger partial charge on any atom is 0.0619 e. The second-order valence-electron chi connectivity index (χ2n) is 3.82. The highest BCUT2D eigenvalue weighted by Gasteiger charge is 2.16. The topological polar surface area (TPSA) is 21.3 Å². The predicted molar refractivity (Wildman–Crippen MR) is 59.7 cm³/mol. The van der Waals surface area contributed by atoms with Crippen LogP contribution in [0.5, 0.6) is 0 Å². The van der Waals surface area contributed by atoms with Crippen LogP contribution in [0.4, 0.5) is 0 Å². The van der Waals surface area contributed by atoms with Gasteiger partial charge in [0.25, 0.3) is 0 Å². The Morgan fingerprint density at radius 2 is 2.57 bits per heavy atom. The van der Waals surface area contributed by atoms with Gasteiger partial charge in [0.2, 0.25) is 0 Å². The second kappa shape index (κ2) is 4.91. The van der Waals surface area contributed by atoms with E-state index in [9.17, 15) is 0 Å². The third-order valence-corrected chi connectivity index (χ3v) is 3.67. The van der Waals surface area contributed by atoms with Crippen LogP contribution >= 0.6 is 11.3 Å². The van der Waals surface area contributed by atoms with E-state index >= 15 is 0 Å². The van der Waals surface area contributed by atoms with Gasteiger partial charge < -0.3 is 10.1 Å². The first-order valence-electron chi connectivity index (χ1n) is 5.23. The number of ether oxygens (including phenoxy) is 1. The van der Waals surface area contributed by atoms with Crippen molar-refractivity contribution >= 4 is 11.3 Å². The summed E-state index contributed by atoms with van der Waals surface area (Å²) in [6.45, 7) is 4.03. The lowest BCUT2D eigenvalue weighted by molar-refractivity contribution is 0.0672. The van der Waals surface area contributed by atoms with Gasteiger partial charge in [0.15, 0.2) is 0 Å².